The van der Waals surface area contributed by atoms with Gasteiger partial charge in [0.15, 0.2) is 0 Å². The van der Waals surface area contributed by atoms with E-state index in [1.54, 1.807) is 0 Å². The smallest absolute Gasteiger partial charge is 0.216 e. The molecule has 1 aromatic rings. The Morgan fingerprint density at radius 2 is 1.85 bits per heavy atom. The van der Waals surface area contributed by atoms with Crippen LogP contribution in [0.2, 0.25) is 0 Å². The van der Waals surface area contributed by atoms with E-state index in [9.17, 15) is 10.2 Å². The van der Waals surface area contributed by atoms with Crippen LogP contribution >= 0.6 is 0 Å². The molecule has 0 amide bonds. The largest absolute Gasteiger partial charge is 0.508 e. The minimum atomic E-state index is 0.00759. The second-order valence-corrected chi connectivity index (χ2v) is 2.77. The van der Waals surface area contributed by atoms with E-state index in [0.29, 0.717) is 24.6 Å². The number of hydrogen-bond donors (Lipinski definition) is 2. The maximum Gasteiger partial charge on any atom is 0.216 e. The van der Waals surface area contributed by atoms with Gasteiger partial charge in [-0.05, 0) is 12.1 Å². The predicted octanol–water partition coefficient (Wildman–Crippen LogP) is 0.875. The number of phenolic OH excluding ortho intramolecular Hbond substituents is 2. The van der Waals surface area contributed by atoms with Gasteiger partial charge in [-0.1, -0.05) is 0 Å². The second-order valence-electron chi connectivity index (χ2n) is 2.77. The molecule has 0 fully saturated rings. The number of nitrogens with zero attached hydrogens (tertiary/aromatic N) is 1. The SMILES string of the molecule is Oc1cc(O)cc(C2=NCCO2)c1. The van der Waals surface area contributed by atoms with Crippen LogP contribution in [0.15, 0.2) is 23.2 Å². The molecule has 4 heteroatoms. The van der Waals surface area contributed by atoms with Crippen molar-refractivity contribution in [2.45, 2.75) is 0 Å². The van der Waals surface area contributed by atoms with Gasteiger partial charge in [-0.25, -0.2) is 4.99 Å². The summed E-state index contributed by atoms with van der Waals surface area (Å²) in [6.45, 7) is 1.19. The lowest BCUT2D eigenvalue weighted by atomic mass is 10.2. The summed E-state index contributed by atoms with van der Waals surface area (Å²) in [4.78, 5) is 4.06. The van der Waals surface area contributed by atoms with E-state index in [1.807, 2.05) is 0 Å². The molecule has 0 atom stereocenters. The van der Waals surface area contributed by atoms with Crippen LogP contribution in [0.5, 0.6) is 11.5 Å². The van der Waals surface area contributed by atoms with Crippen LogP contribution in [0.4, 0.5) is 0 Å². The monoisotopic (exact) mass is 179 g/mol. The highest BCUT2D eigenvalue weighted by molar-refractivity contribution is 5.95. The van der Waals surface area contributed by atoms with Gasteiger partial charge in [-0.3, -0.25) is 0 Å². The Kier molecular flexibility index (Phi) is 1.81. The third kappa shape index (κ3) is 1.56. The normalized spacial score (nSPS) is 15.2. The molecule has 0 spiro atoms. The highest BCUT2D eigenvalue weighted by Crippen LogP contribution is 2.21. The maximum absolute atomic E-state index is 9.18. The number of phenols is 2. The summed E-state index contributed by atoms with van der Waals surface area (Å²) in [6, 6.07) is 4.27. The fourth-order valence-electron chi connectivity index (χ4n) is 1.23. The molecule has 0 saturated heterocycles. The number of aromatic hydroxyl groups is 2. The van der Waals surface area contributed by atoms with Crippen molar-refractivity contribution in [3.8, 4) is 11.5 Å². The molecule has 0 bridgehead atoms. The zero-order chi connectivity index (χ0) is 9.26. The van der Waals surface area contributed by atoms with Crippen LogP contribution in [-0.2, 0) is 4.74 Å². The van der Waals surface area contributed by atoms with Gasteiger partial charge in [0, 0.05) is 11.6 Å². The Morgan fingerprint density at radius 3 is 2.38 bits per heavy atom. The number of ether oxygens (including phenoxy) is 1. The average molecular weight is 179 g/mol. The Labute approximate surface area is 75.1 Å². The highest BCUT2D eigenvalue weighted by Gasteiger charge is 2.11. The van der Waals surface area contributed by atoms with Crippen LogP contribution in [0.25, 0.3) is 0 Å². The fourth-order valence-corrected chi connectivity index (χ4v) is 1.23. The van der Waals surface area contributed by atoms with E-state index in [-0.39, 0.29) is 11.5 Å². The lowest BCUT2D eigenvalue weighted by Crippen LogP contribution is -2.00. The minimum Gasteiger partial charge on any atom is -0.508 e. The average Bonchev–Trinajstić information content (AvgIpc) is 2.53. The van der Waals surface area contributed by atoms with E-state index in [2.05, 4.69) is 4.99 Å². The summed E-state index contributed by atoms with van der Waals surface area (Å²) in [5.41, 5.74) is 0.606. The van der Waals surface area contributed by atoms with Crippen LogP contribution in [0.1, 0.15) is 5.56 Å². The molecule has 1 heterocycles. The first-order valence-electron chi connectivity index (χ1n) is 3.96. The first-order chi connectivity index (χ1) is 6.25. The van der Waals surface area contributed by atoms with Gasteiger partial charge in [-0.15, -0.1) is 0 Å². The van der Waals surface area contributed by atoms with Crippen molar-refractivity contribution >= 4 is 5.90 Å². The topological polar surface area (TPSA) is 62.0 Å². The van der Waals surface area contributed by atoms with Gasteiger partial charge in [0.1, 0.15) is 18.1 Å². The molecule has 13 heavy (non-hydrogen) atoms. The summed E-state index contributed by atoms with van der Waals surface area (Å²) in [6.07, 6.45) is 0. The fraction of sp³-hybridized carbons (Fsp3) is 0.222. The number of aliphatic imine (C=N–C) groups is 1. The Hall–Kier alpha value is -1.71. The van der Waals surface area contributed by atoms with Crippen LogP contribution in [0.3, 0.4) is 0 Å². The third-order valence-corrected chi connectivity index (χ3v) is 1.73. The van der Waals surface area contributed by atoms with E-state index < -0.39 is 0 Å². The third-order valence-electron chi connectivity index (χ3n) is 1.73. The summed E-state index contributed by atoms with van der Waals surface area (Å²) in [7, 11) is 0. The molecule has 0 aromatic heterocycles. The molecule has 2 rings (SSSR count). The van der Waals surface area contributed by atoms with Crippen LogP contribution < -0.4 is 0 Å². The molecule has 4 nitrogen and oxygen atoms in total. The van der Waals surface area contributed by atoms with Gasteiger partial charge >= 0.3 is 0 Å². The van der Waals surface area contributed by atoms with Gasteiger partial charge in [0.05, 0.1) is 6.54 Å². The Bertz CT molecular complexity index is 340. The molecule has 0 radical (unpaired) electrons. The first kappa shape index (κ1) is 7.91. The van der Waals surface area contributed by atoms with Gasteiger partial charge in [-0.2, -0.15) is 0 Å². The second kappa shape index (κ2) is 2.97. The standard InChI is InChI=1S/C9H9NO3/c11-7-3-6(4-8(12)5-7)9-10-1-2-13-9/h3-5,11-12H,1-2H2. The van der Waals surface area contributed by atoms with E-state index >= 15 is 0 Å². The lowest BCUT2D eigenvalue weighted by Gasteiger charge is -2.02. The van der Waals surface area contributed by atoms with Gasteiger partial charge in [0.25, 0.3) is 0 Å². The maximum atomic E-state index is 9.18. The summed E-state index contributed by atoms with van der Waals surface area (Å²) < 4.78 is 5.18. The van der Waals surface area contributed by atoms with Crippen molar-refractivity contribution in [2.75, 3.05) is 13.2 Å². The molecule has 1 aliphatic heterocycles. The van der Waals surface area contributed by atoms with Gasteiger partial charge < -0.3 is 14.9 Å². The van der Waals surface area contributed by atoms with E-state index in [4.69, 9.17) is 4.74 Å². The molecule has 0 unspecified atom stereocenters. The zero-order valence-corrected chi connectivity index (χ0v) is 6.90. The molecule has 2 N–H and O–H groups in total. The molecule has 1 aromatic carbocycles. The predicted molar refractivity (Wildman–Crippen MR) is 47.1 cm³/mol. The van der Waals surface area contributed by atoms with Crippen LogP contribution in [-0.4, -0.2) is 29.3 Å². The number of rotatable bonds is 1. The lowest BCUT2D eigenvalue weighted by molar-refractivity contribution is 0.348. The summed E-state index contributed by atoms with van der Waals surface area (Å²) >= 11 is 0. The zero-order valence-electron chi connectivity index (χ0n) is 6.90. The number of hydrogen-bond acceptors (Lipinski definition) is 4. The number of benzene rings is 1. The Morgan fingerprint density at radius 1 is 1.15 bits per heavy atom. The minimum absolute atomic E-state index is 0.00759. The van der Waals surface area contributed by atoms with Gasteiger partial charge in [0.2, 0.25) is 5.90 Å². The molecule has 0 aliphatic carbocycles. The van der Waals surface area contributed by atoms with Crippen molar-refractivity contribution in [3.05, 3.63) is 23.8 Å². The molecule has 1 aliphatic rings. The van der Waals surface area contributed by atoms with Crippen molar-refractivity contribution in [2.24, 2.45) is 4.99 Å². The van der Waals surface area contributed by atoms with E-state index in [1.165, 1.54) is 18.2 Å². The summed E-state index contributed by atoms with van der Waals surface area (Å²) in [5.74, 6) is 0.493. The van der Waals surface area contributed by atoms with Crippen molar-refractivity contribution in [1.82, 2.24) is 0 Å². The van der Waals surface area contributed by atoms with Crippen molar-refractivity contribution in [1.29, 1.82) is 0 Å². The Balaban J connectivity index is 2.39. The highest BCUT2D eigenvalue weighted by atomic mass is 16.5. The molecular weight excluding hydrogens is 170 g/mol. The molecule has 68 valence electrons. The van der Waals surface area contributed by atoms with Crippen LogP contribution in [0, 0.1) is 0 Å². The quantitative estimate of drug-likeness (QED) is 0.672. The first-order valence-corrected chi connectivity index (χ1v) is 3.96. The van der Waals surface area contributed by atoms with E-state index in [0.717, 1.165) is 0 Å². The van der Waals surface area contributed by atoms with Crippen molar-refractivity contribution < 1.29 is 14.9 Å². The molecule has 0 saturated carbocycles. The molecular formula is C9H9NO3. The summed E-state index contributed by atoms with van der Waals surface area (Å²) in [5, 5.41) is 18.4. The van der Waals surface area contributed by atoms with Crippen molar-refractivity contribution in [3.63, 3.8) is 0 Å².